The molecule has 0 aromatic heterocycles. The van der Waals surface area contributed by atoms with Crippen LogP contribution >= 0.6 is 95.6 Å². The normalized spacial score (nSPS) is 18.8. The number of halogens is 6. The van der Waals surface area contributed by atoms with E-state index in [1.807, 2.05) is 0 Å². The second-order valence-corrected chi connectivity index (χ2v) is 13.2. The van der Waals surface area contributed by atoms with Gasteiger partial charge in [-0.25, -0.2) is 9.59 Å². The SMILES string of the molecule is CCCCCC(Br)C1=C(Br)/C(=C/Br)OC1=O.CCCCCC(Br)C1=CC(=C(Br)Br)OC1=O. The monoisotopic (exact) mass is 828 g/mol. The van der Waals surface area contributed by atoms with Crippen LogP contribution in [0.3, 0.4) is 0 Å². The van der Waals surface area contributed by atoms with Crippen molar-refractivity contribution in [1.82, 2.24) is 0 Å². The summed E-state index contributed by atoms with van der Waals surface area (Å²) in [5, 5.41) is 0. The molecule has 0 N–H and O–H groups in total. The summed E-state index contributed by atoms with van der Waals surface area (Å²) in [5.74, 6) is 0.556. The van der Waals surface area contributed by atoms with Gasteiger partial charge in [-0.1, -0.05) is 100 Å². The van der Waals surface area contributed by atoms with E-state index < -0.39 is 0 Å². The van der Waals surface area contributed by atoms with Crippen LogP contribution in [-0.2, 0) is 19.1 Å². The minimum absolute atomic E-state index is 0.0610. The van der Waals surface area contributed by atoms with Gasteiger partial charge in [0.15, 0.2) is 11.5 Å². The second kappa shape index (κ2) is 16.5. The molecule has 2 rings (SSSR count). The highest BCUT2D eigenvalue weighted by Crippen LogP contribution is 2.37. The molecule has 0 saturated heterocycles. The van der Waals surface area contributed by atoms with Crippen molar-refractivity contribution in [2.75, 3.05) is 0 Å². The van der Waals surface area contributed by atoms with Crippen LogP contribution in [0.2, 0.25) is 0 Å². The van der Waals surface area contributed by atoms with Gasteiger partial charge in [0.05, 0.1) is 15.6 Å². The van der Waals surface area contributed by atoms with Gasteiger partial charge in [0.25, 0.3) is 0 Å². The fourth-order valence-electron chi connectivity index (χ4n) is 2.90. The predicted octanol–water partition coefficient (Wildman–Crippen LogP) is 9.54. The molecule has 0 fully saturated rings. The number of carbonyl (C=O) groups is 2. The maximum Gasteiger partial charge on any atom is 0.341 e. The van der Waals surface area contributed by atoms with Gasteiger partial charge >= 0.3 is 11.9 Å². The number of carbonyl (C=O) groups excluding carboxylic acids is 2. The van der Waals surface area contributed by atoms with Crippen molar-refractivity contribution in [2.45, 2.75) is 74.9 Å². The Labute approximate surface area is 240 Å². The fraction of sp³-hybridized carbons (Fsp3) is 0.545. The summed E-state index contributed by atoms with van der Waals surface area (Å²) < 4.78 is 11.6. The van der Waals surface area contributed by atoms with E-state index in [2.05, 4.69) is 109 Å². The number of esters is 2. The lowest BCUT2D eigenvalue weighted by Crippen LogP contribution is -2.10. The first kappa shape index (κ1) is 30.8. The van der Waals surface area contributed by atoms with Crippen LogP contribution in [0.15, 0.2) is 41.6 Å². The third-order valence-electron chi connectivity index (χ3n) is 4.66. The summed E-state index contributed by atoms with van der Waals surface area (Å²) in [6.07, 6.45) is 10.6. The van der Waals surface area contributed by atoms with Crippen LogP contribution < -0.4 is 0 Å². The summed E-state index contributed by atoms with van der Waals surface area (Å²) >= 11 is 20.1. The molecule has 2 aliphatic heterocycles. The van der Waals surface area contributed by atoms with Crippen molar-refractivity contribution < 1.29 is 19.1 Å². The van der Waals surface area contributed by atoms with Crippen molar-refractivity contribution in [3.63, 3.8) is 0 Å². The molecule has 0 amide bonds. The lowest BCUT2D eigenvalue weighted by atomic mass is 10.1. The quantitative estimate of drug-likeness (QED) is 0.125. The number of rotatable bonds is 10. The van der Waals surface area contributed by atoms with Gasteiger partial charge in [0.1, 0.15) is 3.39 Å². The molecular formula is C22H26Br6O4. The van der Waals surface area contributed by atoms with E-state index in [0.29, 0.717) is 26.1 Å². The van der Waals surface area contributed by atoms with Crippen LogP contribution in [0.4, 0.5) is 0 Å². The summed E-state index contributed by atoms with van der Waals surface area (Å²) in [5.41, 5.74) is 1.38. The van der Waals surface area contributed by atoms with Crippen molar-refractivity contribution in [1.29, 1.82) is 0 Å². The molecule has 0 aromatic carbocycles. The zero-order valence-electron chi connectivity index (χ0n) is 17.9. The number of alkyl halides is 2. The Kier molecular flexibility index (Phi) is 15.8. The number of unbranched alkanes of at least 4 members (excludes halogenated alkanes) is 4. The van der Waals surface area contributed by atoms with Crippen LogP contribution in [0, 0.1) is 0 Å². The van der Waals surface area contributed by atoms with Crippen LogP contribution in [0.5, 0.6) is 0 Å². The molecule has 180 valence electrons. The lowest BCUT2D eigenvalue weighted by Gasteiger charge is -2.08. The Morgan fingerprint density at radius 1 is 0.938 bits per heavy atom. The minimum atomic E-state index is -0.268. The van der Waals surface area contributed by atoms with Crippen molar-refractivity contribution >= 4 is 108 Å². The van der Waals surface area contributed by atoms with E-state index in [1.54, 1.807) is 11.1 Å². The summed E-state index contributed by atoms with van der Waals surface area (Å²) in [6.45, 7) is 4.32. The van der Waals surface area contributed by atoms with Gasteiger partial charge in [0.2, 0.25) is 0 Å². The van der Waals surface area contributed by atoms with Gasteiger partial charge in [-0.15, -0.1) is 0 Å². The minimum Gasteiger partial charge on any atom is -0.421 e. The Hall–Kier alpha value is 0.780. The van der Waals surface area contributed by atoms with E-state index in [9.17, 15) is 9.59 Å². The van der Waals surface area contributed by atoms with E-state index in [0.717, 1.165) is 30.2 Å². The largest absolute Gasteiger partial charge is 0.421 e. The maximum absolute atomic E-state index is 11.6. The molecule has 2 atom stereocenters. The number of hydrogen-bond acceptors (Lipinski definition) is 4. The zero-order chi connectivity index (χ0) is 24.3. The Balaban J connectivity index is 0.000000320. The van der Waals surface area contributed by atoms with E-state index in [-0.39, 0.29) is 21.6 Å². The number of hydrogen-bond donors (Lipinski definition) is 0. The van der Waals surface area contributed by atoms with E-state index in [4.69, 9.17) is 9.47 Å². The zero-order valence-corrected chi connectivity index (χ0v) is 27.4. The number of allylic oxidation sites excluding steroid dienone is 2. The van der Waals surface area contributed by atoms with Gasteiger partial charge in [-0.3, -0.25) is 0 Å². The Bertz CT molecular complexity index is 796. The summed E-state index contributed by atoms with van der Waals surface area (Å²) in [7, 11) is 0. The summed E-state index contributed by atoms with van der Waals surface area (Å²) in [4.78, 5) is 24.9. The molecule has 4 nitrogen and oxygen atoms in total. The van der Waals surface area contributed by atoms with E-state index >= 15 is 0 Å². The Morgan fingerprint density at radius 2 is 1.50 bits per heavy atom. The fourth-order valence-corrected chi connectivity index (χ4v) is 6.25. The molecule has 0 radical (unpaired) electrons. The number of cyclic esters (lactones) is 2. The molecule has 0 spiro atoms. The van der Waals surface area contributed by atoms with Crippen molar-refractivity contribution in [3.05, 3.63) is 41.6 Å². The highest BCUT2D eigenvalue weighted by atomic mass is 79.9. The highest BCUT2D eigenvalue weighted by Gasteiger charge is 2.32. The average Bonchev–Trinajstić information content (AvgIpc) is 3.28. The molecular weight excluding hydrogens is 808 g/mol. The molecule has 32 heavy (non-hydrogen) atoms. The summed E-state index contributed by atoms with van der Waals surface area (Å²) in [6, 6.07) is 0. The Morgan fingerprint density at radius 3 is 1.94 bits per heavy atom. The first-order valence-electron chi connectivity index (χ1n) is 10.4. The van der Waals surface area contributed by atoms with Crippen molar-refractivity contribution in [2.24, 2.45) is 0 Å². The van der Waals surface area contributed by atoms with Gasteiger partial charge in [-0.05, 0) is 66.7 Å². The molecule has 10 heteroatoms. The molecule has 2 unspecified atom stereocenters. The van der Waals surface area contributed by atoms with Gasteiger partial charge in [-0.2, -0.15) is 0 Å². The molecule has 2 aliphatic rings. The second-order valence-electron chi connectivity index (χ2n) is 7.13. The van der Waals surface area contributed by atoms with Crippen LogP contribution in [0.25, 0.3) is 0 Å². The lowest BCUT2D eigenvalue weighted by molar-refractivity contribution is -0.134. The van der Waals surface area contributed by atoms with Crippen LogP contribution in [-0.4, -0.2) is 21.6 Å². The maximum atomic E-state index is 11.6. The highest BCUT2D eigenvalue weighted by molar-refractivity contribution is 9.28. The van der Waals surface area contributed by atoms with Crippen LogP contribution in [0.1, 0.15) is 65.2 Å². The van der Waals surface area contributed by atoms with E-state index in [1.165, 1.54) is 25.7 Å². The van der Waals surface area contributed by atoms with Gasteiger partial charge in [0, 0.05) is 14.6 Å². The first-order chi connectivity index (χ1) is 15.2. The van der Waals surface area contributed by atoms with Gasteiger partial charge < -0.3 is 9.47 Å². The number of ether oxygens (including phenoxy) is 2. The third-order valence-corrected chi connectivity index (χ3v) is 8.54. The smallest absolute Gasteiger partial charge is 0.341 e. The molecule has 0 aliphatic carbocycles. The topological polar surface area (TPSA) is 52.6 Å². The average molecular weight is 834 g/mol. The first-order valence-corrected chi connectivity index (χ1v) is 15.5. The molecule has 0 bridgehead atoms. The molecule has 2 heterocycles. The molecule has 0 aromatic rings. The van der Waals surface area contributed by atoms with Crippen molar-refractivity contribution in [3.8, 4) is 0 Å². The predicted molar refractivity (Wildman–Crippen MR) is 152 cm³/mol. The molecule has 0 saturated carbocycles. The standard InChI is InChI=1S/2C11H13Br3O2/c1-2-3-4-5-8(12)7-6-9(10(13)14)16-11(7)15;1-2-3-4-5-7(13)9-10(14)8(6-12)16-11(9)15/h6,8H,2-5H2,1H3;6-7H,2-5H2,1H3/b;8-6-. The third kappa shape index (κ3) is 9.80.